The Hall–Kier alpha value is -3.15. The van der Waals surface area contributed by atoms with Crippen molar-refractivity contribution in [3.8, 4) is 17.1 Å². The molecule has 0 bridgehead atoms. The molecule has 0 radical (unpaired) electrons. The van der Waals surface area contributed by atoms with Crippen LogP contribution in [0.15, 0.2) is 47.0 Å². The van der Waals surface area contributed by atoms with Gasteiger partial charge in [-0.05, 0) is 48.9 Å². The fraction of sp³-hybridized carbons (Fsp3) is 0.211. The topological polar surface area (TPSA) is 66.0 Å². The number of nitrogens with zero attached hydrogens (tertiary/aromatic N) is 4. The van der Waals surface area contributed by atoms with Gasteiger partial charge in [-0.3, -0.25) is 0 Å². The van der Waals surface area contributed by atoms with Gasteiger partial charge in [0.15, 0.2) is 6.61 Å². The highest BCUT2D eigenvalue weighted by Crippen LogP contribution is 2.26. The summed E-state index contributed by atoms with van der Waals surface area (Å²) in [6.07, 6.45) is 0. The Morgan fingerprint density at radius 3 is 2.56 bits per heavy atom. The average molecular weight is 334 g/mol. The van der Waals surface area contributed by atoms with Gasteiger partial charge in [0.05, 0.1) is 11.0 Å². The highest BCUT2D eigenvalue weighted by Gasteiger charge is 2.10. The minimum absolute atomic E-state index is 0.280. The molecule has 0 amide bonds. The molecule has 2 aromatic carbocycles. The van der Waals surface area contributed by atoms with Gasteiger partial charge in [-0.1, -0.05) is 11.2 Å². The maximum Gasteiger partial charge on any atom is 0.223 e. The Morgan fingerprint density at radius 1 is 1.04 bits per heavy atom. The van der Waals surface area contributed by atoms with Crippen molar-refractivity contribution >= 4 is 11.0 Å². The number of hydrogen-bond acceptors (Lipinski definition) is 5. The van der Waals surface area contributed by atoms with E-state index in [1.807, 2.05) is 31.3 Å². The highest BCUT2D eigenvalue weighted by molar-refractivity contribution is 5.81. The third-order valence-electron chi connectivity index (χ3n) is 4.09. The standard InChI is InChI=1S/C19H18N4O2/c1-12-4-9-17-16(10-12)21-19(23(17)3)14-5-7-15(8-6-14)24-11-18-20-13(2)25-22-18/h4-10H,11H2,1-3H3. The Balaban J connectivity index is 1.56. The number of imidazole rings is 1. The molecule has 0 spiro atoms. The van der Waals surface area contributed by atoms with Gasteiger partial charge in [0.2, 0.25) is 11.7 Å². The number of hydrogen-bond donors (Lipinski definition) is 0. The van der Waals surface area contributed by atoms with E-state index in [1.54, 1.807) is 6.92 Å². The molecule has 0 saturated carbocycles. The lowest BCUT2D eigenvalue weighted by Crippen LogP contribution is -1.98. The van der Waals surface area contributed by atoms with Crippen LogP contribution in [0.2, 0.25) is 0 Å². The van der Waals surface area contributed by atoms with Crippen molar-refractivity contribution in [1.82, 2.24) is 19.7 Å². The first kappa shape index (κ1) is 15.4. The normalized spacial score (nSPS) is 11.2. The summed E-state index contributed by atoms with van der Waals surface area (Å²) in [4.78, 5) is 8.88. The first-order chi connectivity index (χ1) is 12.1. The van der Waals surface area contributed by atoms with Gasteiger partial charge in [0.25, 0.3) is 0 Å². The average Bonchev–Trinajstić information content (AvgIpc) is 3.17. The van der Waals surface area contributed by atoms with Gasteiger partial charge in [0.1, 0.15) is 11.6 Å². The summed E-state index contributed by atoms with van der Waals surface area (Å²) in [5.74, 6) is 2.75. The van der Waals surface area contributed by atoms with E-state index < -0.39 is 0 Å². The molecule has 25 heavy (non-hydrogen) atoms. The second-order valence-corrected chi connectivity index (χ2v) is 6.03. The number of aryl methyl sites for hydroxylation is 3. The predicted octanol–water partition coefficient (Wildman–Crippen LogP) is 3.82. The van der Waals surface area contributed by atoms with Crippen molar-refractivity contribution < 1.29 is 9.26 Å². The number of ether oxygens (including phenoxy) is 1. The summed E-state index contributed by atoms with van der Waals surface area (Å²) in [7, 11) is 2.03. The maximum atomic E-state index is 5.69. The predicted molar refractivity (Wildman–Crippen MR) is 94.3 cm³/mol. The zero-order valence-corrected chi connectivity index (χ0v) is 14.4. The van der Waals surface area contributed by atoms with Crippen molar-refractivity contribution in [1.29, 1.82) is 0 Å². The molecule has 0 atom stereocenters. The van der Waals surface area contributed by atoms with Crippen LogP contribution in [-0.4, -0.2) is 19.7 Å². The van der Waals surface area contributed by atoms with Crippen molar-refractivity contribution in [3.05, 3.63) is 59.7 Å². The summed E-state index contributed by atoms with van der Waals surface area (Å²) < 4.78 is 12.7. The maximum absolute atomic E-state index is 5.69. The molecule has 2 heterocycles. The lowest BCUT2D eigenvalue weighted by molar-refractivity contribution is 0.286. The summed E-state index contributed by atoms with van der Waals surface area (Å²) in [6.45, 7) is 4.11. The zero-order valence-electron chi connectivity index (χ0n) is 14.4. The van der Waals surface area contributed by atoms with E-state index in [4.69, 9.17) is 14.2 Å². The Kier molecular flexibility index (Phi) is 3.72. The Bertz CT molecular complexity index is 1030. The van der Waals surface area contributed by atoms with Crippen LogP contribution in [0, 0.1) is 13.8 Å². The van der Waals surface area contributed by atoms with Crippen LogP contribution in [0.3, 0.4) is 0 Å². The van der Waals surface area contributed by atoms with Crippen LogP contribution in [0.5, 0.6) is 5.75 Å². The molecule has 6 nitrogen and oxygen atoms in total. The minimum atomic E-state index is 0.280. The smallest absolute Gasteiger partial charge is 0.223 e. The van der Waals surface area contributed by atoms with Crippen molar-refractivity contribution in [2.45, 2.75) is 20.5 Å². The second-order valence-electron chi connectivity index (χ2n) is 6.03. The first-order valence-corrected chi connectivity index (χ1v) is 8.05. The third kappa shape index (κ3) is 2.98. The second kappa shape index (κ2) is 6.05. The first-order valence-electron chi connectivity index (χ1n) is 8.05. The van der Waals surface area contributed by atoms with Crippen molar-refractivity contribution in [3.63, 3.8) is 0 Å². The Labute approximate surface area is 145 Å². The molecule has 4 aromatic rings. The summed E-state index contributed by atoms with van der Waals surface area (Å²) in [5, 5.41) is 3.81. The van der Waals surface area contributed by atoms with Gasteiger partial charge >= 0.3 is 0 Å². The fourth-order valence-electron chi connectivity index (χ4n) is 2.82. The molecule has 4 rings (SSSR count). The van der Waals surface area contributed by atoms with Gasteiger partial charge in [-0.2, -0.15) is 4.98 Å². The molecule has 0 aliphatic heterocycles. The molecule has 6 heteroatoms. The molecule has 0 aliphatic rings. The van der Waals surface area contributed by atoms with E-state index in [9.17, 15) is 0 Å². The zero-order chi connectivity index (χ0) is 17.4. The van der Waals surface area contributed by atoms with E-state index in [0.29, 0.717) is 11.7 Å². The Morgan fingerprint density at radius 2 is 1.84 bits per heavy atom. The van der Waals surface area contributed by atoms with E-state index in [1.165, 1.54) is 5.56 Å². The summed E-state index contributed by atoms with van der Waals surface area (Å²) in [5.41, 5.74) is 4.37. The van der Waals surface area contributed by atoms with Crippen LogP contribution in [0.4, 0.5) is 0 Å². The van der Waals surface area contributed by atoms with Gasteiger partial charge in [-0.15, -0.1) is 0 Å². The molecule has 0 N–H and O–H groups in total. The largest absolute Gasteiger partial charge is 0.485 e. The number of rotatable bonds is 4. The van der Waals surface area contributed by atoms with Crippen LogP contribution in [0.25, 0.3) is 22.4 Å². The number of benzene rings is 2. The SMILES string of the molecule is Cc1ccc2c(c1)nc(-c1ccc(OCc3noc(C)n3)cc1)n2C. The fourth-order valence-corrected chi connectivity index (χ4v) is 2.82. The number of fused-ring (bicyclic) bond motifs is 1. The van der Waals surface area contributed by atoms with Crippen molar-refractivity contribution in [2.75, 3.05) is 0 Å². The molecule has 0 fully saturated rings. The van der Waals surface area contributed by atoms with E-state index >= 15 is 0 Å². The molecular formula is C19H18N4O2. The molecule has 2 aromatic heterocycles. The van der Waals surface area contributed by atoms with Gasteiger partial charge < -0.3 is 13.8 Å². The molecule has 0 unspecified atom stereocenters. The molecule has 126 valence electrons. The van der Waals surface area contributed by atoms with Crippen LogP contribution < -0.4 is 4.74 Å². The highest BCUT2D eigenvalue weighted by atomic mass is 16.5. The van der Waals surface area contributed by atoms with E-state index in [2.05, 4.69) is 39.8 Å². The lowest BCUT2D eigenvalue weighted by atomic mass is 10.2. The van der Waals surface area contributed by atoms with E-state index in [0.717, 1.165) is 28.2 Å². The minimum Gasteiger partial charge on any atom is -0.485 e. The summed E-state index contributed by atoms with van der Waals surface area (Å²) >= 11 is 0. The van der Waals surface area contributed by atoms with Gasteiger partial charge in [-0.25, -0.2) is 4.98 Å². The third-order valence-corrected chi connectivity index (χ3v) is 4.09. The van der Waals surface area contributed by atoms with Crippen LogP contribution in [0.1, 0.15) is 17.3 Å². The van der Waals surface area contributed by atoms with Crippen LogP contribution >= 0.6 is 0 Å². The monoisotopic (exact) mass is 334 g/mol. The summed E-state index contributed by atoms with van der Waals surface area (Å²) in [6, 6.07) is 14.2. The van der Waals surface area contributed by atoms with Gasteiger partial charge in [0, 0.05) is 19.5 Å². The molecule has 0 aliphatic carbocycles. The van der Waals surface area contributed by atoms with Crippen LogP contribution in [-0.2, 0) is 13.7 Å². The molecular weight excluding hydrogens is 316 g/mol. The lowest BCUT2D eigenvalue weighted by Gasteiger charge is -2.06. The number of aromatic nitrogens is 4. The van der Waals surface area contributed by atoms with Crippen molar-refractivity contribution in [2.24, 2.45) is 7.05 Å². The quantitative estimate of drug-likeness (QED) is 0.567. The van der Waals surface area contributed by atoms with E-state index in [-0.39, 0.29) is 6.61 Å². The molecule has 0 saturated heterocycles.